The quantitative estimate of drug-likeness (QED) is 0.184. The first-order valence-electron chi connectivity index (χ1n) is 15.6. The Morgan fingerprint density at radius 3 is 1.80 bits per heavy atom. The van der Waals surface area contributed by atoms with Gasteiger partial charge < -0.3 is 9.05 Å². The van der Waals surface area contributed by atoms with Gasteiger partial charge in [0, 0.05) is 27.2 Å². The van der Waals surface area contributed by atoms with Crippen LogP contribution >= 0.6 is 0 Å². The zero-order valence-corrected chi connectivity index (χ0v) is 26.5. The molecule has 8 rings (SSSR count). The number of para-hydroxylation sites is 3. The fourth-order valence-corrected chi connectivity index (χ4v) is 7.72. The maximum Gasteiger partial charge on any atom is 0.332 e. The van der Waals surface area contributed by atoms with E-state index in [9.17, 15) is 10.5 Å². The van der Waals surface area contributed by atoms with Crippen molar-refractivity contribution in [1.82, 2.24) is 9.05 Å². The van der Waals surface area contributed by atoms with Crippen LogP contribution in [-0.4, -0.2) is 15.9 Å². The summed E-state index contributed by atoms with van der Waals surface area (Å²) in [6.07, 6.45) is 0. The number of fused-ring (bicyclic) bond motifs is 8. The second-order valence-electron chi connectivity index (χ2n) is 14.4. The van der Waals surface area contributed by atoms with Gasteiger partial charge in [-0.25, -0.2) is 0 Å². The van der Waals surface area contributed by atoms with Crippen LogP contribution in [0.4, 0.5) is 0 Å². The molecule has 0 bridgehead atoms. The van der Waals surface area contributed by atoms with Gasteiger partial charge >= 0.3 is 6.85 Å². The van der Waals surface area contributed by atoms with E-state index in [-0.39, 0.29) is 17.7 Å². The molecule has 1 aliphatic rings. The van der Waals surface area contributed by atoms with Gasteiger partial charge in [-0.2, -0.15) is 10.5 Å². The standard InChI is InChI=1S/C40H33BN4/c1-39(2,3)26-17-18-27-30-19-20-31(40(4,5)6)35-38(30)44(34(27)21-26)33-16-8-7-15-32(33)41(35)45-36-24(22-42)11-9-13-28(36)29-14-10-12-25(23-43)37(29)45/h7-21H,1-6H3. The third-order valence-electron chi connectivity index (χ3n) is 9.73. The Morgan fingerprint density at radius 1 is 0.600 bits per heavy atom. The molecule has 0 radical (unpaired) electrons. The van der Waals surface area contributed by atoms with Crippen LogP contribution in [0.1, 0.15) is 63.8 Å². The number of aromatic nitrogens is 2. The summed E-state index contributed by atoms with van der Waals surface area (Å²) in [6.45, 7) is 13.4. The van der Waals surface area contributed by atoms with E-state index >= 15 is 0 Å². The maximum absolute atomic E-state index is 10.5. The Bertz CT molecular complexity index is 2410. The monoisotopic (exact) mass is 580 g/mol. The number of nitrogens with zero attached hydrogens (tertiary/aromatic N) is 4. The number of rotatable bonds is 1. The Labute approximate surface area is 263 Å². The van der Waals surface area contributed by atoms with Crippen molar-refractivity contribution in [2.45, 2.75) is 52.4 Å². The van der Waals surface area contributed by atoms with Crippen molar-refractivity contribution < 1.29 is 0 Å². The summed E-state index contributed by atoms with van der Waals surface area (Å²) < 4.78 is 4.78. The highest BCUT2D eigenvalue weighted by molar-refractivity contribution is 6.88. The second-order valence-corrected chi connectivity index (χ2v) is 14.4. The normalized spacial score (nSPS) is 13.0. The van der Waals surface area contributed by atoms with Crippen LogP contribution in [0.5, 0.6) is 0 Å². The molecule has 0 fully saturated rings. The van der Waals surface area contributed by atoms with Gasteiger partial charge in [0.25, 0.3) is 0 Å². The summed E-state index contributed by atoms with van der Waals surface area (Å²) in [4.78, 5) is 0. The molecule has 0 aliphatic carbocycles. The smallest absolute Gasteiger partial charge is 0.332 e. The molecule has 0 unspecified atom stereocenters. The van der Waals surface area contributed by atoms with Crippen LogP contribution < -0.4 is 10.9 Å². The summed E-state index contributed by atoms with van der Waals surface area (Å²) in [5.41, 5.74) is 11.3. The molecule has 4 nitrogen and oxygen atoms in total. The largest absolute Gasteiger partial charge is 0.374 e. The lowest BCUT2D eigenvalue weighted by atomic mass is 9.46. The van der Waals surface area contributed by atoms with Crippen molar-refractivity contribution in [2.24, 2.45) is 0 Å². The third kappa shape index (κ3) is 3.65. The molecule has 5 aromatic carbocycles. The van der Waals surface area contributed by atoms with E-state index in [4.69, 9.17) is 0 Å². The molecule has 7 aromatic rings. The lowest BCUT2D eigenvalue weighted by Gasteiger charge is -2.33. The fourth-order valence-electron chi connectivity index (χ4n) is 7.72. The first-order chi connectivity index (χ1) is 21.5. The Hall–Kier alpha value is -5.26. The minimum Gasteiger partial charge on any atom is -0.374 e. The van der Waals surface area contributed by atoms with E-state index in [1.54, 1.807) is 0 Å². The molecule has 45 heavy (non-hydrogen) atoms. The summed E-state index contributed by atoms with van der Waals surface area (Å²) in [5.74, 6) is 0. The summed E-state index contributed by atoms with van der Waals surface area (Å²) in [7, 11) is 0. The first-order valence-corrected chi connectivity index (χ1v) is 15.6. The van der Waals surface area contributed by atoms with Gasteiger partial charge in [-0.15, -0.1) is 0 Å². The van der Waals surface area contributed by atoms with E-state index in [1.807, 2.05) is 24.3 Å². The number of benzene rings is 5. The predicted molar refractivity (Wildman–Crippen MR) is 187 cm³/mol. The molecule has 1 aliphatic heterocycles. The van der Waals surface area contributed by atoms with E-state index < -0.39 is 0 Å². The molecule has 3 heterocycles. The van der Waals surface area contributed by atoms with Gasteiger partial charge in [-0.1, -0.05) is 108 Å². The van der Waals surface area contributed by atoms with Gasteiger partial charge in [-0.05, 0) is 57.1 Å². The fraction of sp³-hybridized carbons (Fsp3) is 0.200. The lowest BCUT2D eigenvalue weighted by Crippen LogP contribution is -2.55. The number of hydrogen-bond donors (Lipinski definition) is 0. The van der Waals surface area contributed by atoms with Crippen molar-refractivity contribution in [3.63, 3.8) is 0 Å². The average molecular weight is 581 g/mol. The van der Waals surface area contributed by atoms with Gasteiger partial charge in [-0.3, -0.25) is 0 Å². The first kappa shape index (κ1) is 27.3. The van der Waals surface area contributed by atoms with Crippen LogP contribution in [0.2, 0.25) is 0 Å². The summed E-state index contributed by atoms with van der Waals surface area (Å²) >= 11 is 0. The molecular weight excluding hydrogens is 547 g/mol. The molecule has 5 heteroatoms. The highest BCUT2D eigenvalue weighted by Crippen LogP contribution is 2.40. The molecule has 0 saturated carbocycles. The molecule has 2 aromatic heterocycles. The second kappa shape index (κ2) is 9.13. The number of hydrogen-bond acceptors (Lipinski definition) is 2. The van der Waals surface area contributed by atoms with Crippen molar-refractivity contribution in [3.05, 3.63) is 113 Å². The molecular formula is C40H33BN4. The molecule has 0 saturated heterocycles. The van der Waals surface area contributed by atoms with Crippen molar-refractivity contribution >= 4 is 61.4 Å². The Kier molecular flexibility index (Phi) is 5.54. The SMILES string of the molecule is CC(C)(C)c1ccc2c3ccc(C(C)(C)C)c4c3n(c2c1)-c1ccccc1B4n1c2c(C#N)cccc2c2cccc(C#N)c21. The molecule has 0 spiro atoms. The van der Waals surface area contributed by atoms with E-state index in [2.05, 4.69) is 129 Å². The Morgan fingerprint density at radius 2 is 1.20 bits per heavy atom. The van der Waals surface area contributed by atoms with E-state index in [0.717, 1.165) is 33.0 Å². The van der Waals surface area contributed by atoms with Crippen molar-refractivity contribution in [1.29, 1.82) is 10.5 Å². The molecule has 216 valence electrons. The molecule has 0 amide bonds. The maximum atomic E-state index is 10.5. The van der Waals surface area contributed by atoms with Crippen LogP contribution in [0.25, 0.3) is 49.3 Å². The zero-order chi connectivity index (χ0) is 31.4. The van der Waals surface area contributed by atoms with E-state index in [1.165, 1.54) is 38.4 Å². The van der Waals surface area contributed by atoms with Crippen LogP contribution in [-0.2, 0) is 10.8 Å². The summed E-state index contributed by atoms with van der Waals surface area (Å²) in [6, 6.07) is 37.1. The average Bonchev–Trinajstić information content (AvgIpc) is 3.54. The third-order valence-corrected chi connectivity index (χ3v) is 9.73. The van der Waals surface area contributed by atoms with Crippen molar-refractivity contribution in [2.75, 3.05) is 0 Å². The van der Waals surface area contributed by atoms with Crippen LogP contribution in [0.15, 0.2) is 91.0 Å². The minimum absolute atomic E-state index is 0.00536. The summed E-state index contributed by atoms with van der Waals surface area (Å²) in [5, 5.41) is 25.3. The van der Waals surface area contributed by atoms with Gasteiger partial charge in [0.05, 0.1) is 33.2 Å². The predicted octanol–water partition coefficient (Wildman–Crippen LogP) is 8.20. The topological polar surface area (TPSA) is 57.4 Å². The van der Waals surface area contributed by atoms with Crippen molar-refractivity contribution in [3.8, 4) is 17.8 Å². The molecule has 0 atom stereocenters. The zero-order valence-electron chi connectivity index (χ0n) is 26.5. The Balaban J connectivity index is 1.66. The number of nitriles is 2. The van der Waals surface area contributed by atoms with E-state index in [0.29, 0.717) is 11.1 Å². The highest BCUT2D eigenvalue weighted by Gasteiger charge is 2.40. The van der Waals surface area contributed by atoms with Gasteiger partial charge in [0.1, 0.15) is 12.1 Å². The lowest BCUT2D eigenvalue weighted by molar-refractivity contribution is 0.591. The minimum atomic E-state index is -0.262. The molecule has 0 N–H and O–H groups in total. The van der Waals surface area contributed by atoms with Gasteiger partial charge in [0.2, 0.25) is 0 Å². The van der Waals surface area contributed by atoms with Gasteiger partial charge in [0.15, 0.2) is 0 Å². The van der Waals surface area contributed by atoms with Crippen LogP contribution in [0.3, 0.4) is 0 Å². The highest BCUT2D eigenvalue weighted by atomic mass is 15.0. The van der Waals surface area contributed by atoms with Crippen LogP contribution in [0, 0.1) is 22.7 Å².